The molecule has 0 saturated heterocycles. The molecule has 28 heavy (non-hydrogen) atoms. The number of nitrogens with one attached hydrogen (secondary N) is 2. The highest BCUT2D eigenvalue weighted by atomic mass is 35.5. The maximum Gasteiger partial charge on any atom is 0.318 e. The summed E-state index contributed by atoms with van der Waals surface area (Å²) in [7, 11) is 0. The molecule has 8 heteroatoms. The normalized spacial score (nSPS) is 16.2. The topological polar surface area (TPSA) is 88.6 Å². The summed E-state index contributed by atoms with van der Waals surface area (Å²) in [6, 6.07) is 9.81. The van der Waals surface area contributed by atoms with E-state index in [-0.39, 0.29) is 23.4 Å². The van der Waals surface area contributed by atoms with E-state index in [1.165, 1.54) is 0 Å². The summed E-state index contributed by atoms with van der Waals surface area (Å²) in [5.74, 6) is -0.00978. The largest absolute Gasteiger partial charge is 0.506 e. The average molecular weight is 420 g/mol. The summed E-state index contributed by atoms with van der Waals surface area (Å²) < 4.78 is 0. The maximum atomic E-state index is 12.8. The van der Waals surface area contributed by atoms with Gasteiger partial charge < -0.3 is 25.4 Å². The van der Waals surface area contributed by atoms with Crippen molar-refractivity contribution in [2.45, 2.75) is 19.0 Å². The van der Waals surface area contributed by atoms with Crippen molar-refractivity contribution in [1.82, 2.24) is 15.2 Å². The summed E-state index contributed by atoms with van der Waals surface area (Å²) >= 11 is 12.0. The SMILES string of the molecule is O=C(NCc1cccc(Cl)c1)N1CCc2c([nH]c3cc(O)c(Cl)cc23)C1CO. The summed E-state index contributed by atoms with van der Waals surface area (Å²) in [6.07, 6.45) is 0.623. The molecule has 1 atom stereocenters. The Bertz CT molecular complexity index is 1050. The van der Waals surface area contributed by atoms with Crippen LogP contribution < -0.4 is 5.32 Å². The molecule has 0 saturated carbocycles. The van der Waals surface area contributed by atoms with Crippen LogP contribution in [-0.4, -0.2) is 39.3 Å². The quantitative estimate of drug-likeness (QED) is 0.517. The van der Waals surface area contributed by atoms with Gasteiger partial charge in [0.15, 0.2) is 0 Å². The maximum absolute atomic E-state index is 12.8. The average Bonchev–Trinajstić information content (AvgIpc) is 3.03. The first kappa shape index (κ1) is 18.9. The summed E-state index contributed by atoms with van der Waals surface area (Å²) in [6.45, 7) is 0.590. The third-order valence-electron chi connectivity index (χ3n) is 5.09. The van der Waals surface area contributed by atoms with Gasteiger partial charge in [-0.2, -0.15) is 0 Å². The summed E-state index contributed by atoms with van der Waals surface area (Å²) in [5.41, 5.74) is 3.40. The number of aliphatic hydroxyl groups is 1. The molecular formula is C20H19Cl2N3O3. The number of urea groups is 1. The fraction of sp³-hybridized carbons (Fsp3) is 0.250. The Hall–Kier alpha value is -2.41. The molecule has 4 rings (SSSR count). The van der Waals surface area contributed by atoms with Gasteiger partial charge in [0.1, 0.15) is 5.75 Å². The first-order chi connectivity index (χ1) is 13.5. The predicted octanol–water partition coefficient (Wildman–Crippen LogP) is 3.98. The summed E-state index contributed by atoms with van der Waals surface area (Å²) in [4.78, 5) is 17.6. The Morgan fingerprint density at radius 2 is 2.11 bits per heavy atom. The van der Waals surface area contributed by atoms with Crippen molar-refractivity contribution in [2.24, 2.45) is 0 Å². The van der Waals surface area contributed by atoms with Crippen LogP contribution in [0, 0.1) is 0 Å². The van der Waals surface area contributed by atoms with Gasteiger partial charge in [0.25, 0.3) is 0 Å². The third-order valence-corrected chi connectivity index (χ3v) is 5.62. The molecule has 0 aliphatic carbocycles. The lowest BCUT2D eigenvalue weighted by Crippen LogP contribution is -2.46. The second-order valence-electron chi connectivity index (χ2n) is 6.80. The van der Waals surface area contributed by atoms with Gasteiger partial charge in [0.05, 0.1) is 17.7 Å². The number of phenolic OH excluding ortho intramolecular Hbond substituents is 1. The van der Waals surface area contributed by atoms with Gasteiger partial charge in [-0.15, -0.1) is 0 Å². The number of amides is 2. The van der Waals surface area contributed by atoms with E-state index in [0.29, 0.717) is 24.5 Å². The number of benzene rings is 2. The van der Waals surface area contributed by atoms with Crippen LogP contribution in [0.15, 0.2) is 36.4 Å². The number of nitrogens with zero attached hydrogens (tertiary/aromatic N) is 1. The van der Waals surface area contributed by atoms with E-state index in [1.807, 2.05) is 12.1 Å². The monoisotopic (exact) mass is 419 g/mol. The Kier molecular flexibility index (Phi) is 5.10. The van der Waals surface area contributed by atoms with Crippen LogP contribution in [0.3, 0.4) is 0 Å². The molecule has 6 nitrogen and oxygen atoms in total. The second-order valence-corrected chi connectivity index (χ2v) is 7.64. The highest BCUT2D eigenvalue weighted by Gasteiger charge is 2.33. The molecule has 0 fully saturated rings. The van der Waals surface area contributed by atoms with Crippen molar-refractivity contribution >= 4 is 40.1 Å². The number of hydrogen-bond acceptors (Lipinski definition) is 3. The lowest BCUT2D eigenvalue weighted by Gasteiger charge is -2.34. The van der Waals surface area contributed by atoms with Crippen LogP contribution in [0.2, 0.25) is 10.0 Å². The van der Waals surface area contributed by atoms with E-state index in [9.17, 15) is 15.0 Å². The predicted molar refractivity (Wildman–Crippen MR) is 109 cm³/mol. The van der Waals surface area contributed by atoms with Gasteiger partial charge in [-0.25, -0.2) is 4.79 Å². The highest BCUT2D eigenvalue weighted by molar-refractivity contribution is 6.32. The molecule has 0 spiro atoms. The number of halogens is 2. The van der Waals surface area contributed by atoms with Crippen LogP contribution in [0.25, 0.3) is 10.9 Å². The Morgan fingerprint density at radius 3 is 2.86 bits per heavy atom. The van der Waals surface area contributed by atoms with Gasteiger partial charge in [0, 0.05) is 40.8 Å². The first-order valence-corrected chi connectivity index (χ1v) is 9.66. The van der Waals surface area contributed by atoms with E-state index < -0.39 is 6.04 Å². The first-order valence-electron chi connectivity index (χ1n) is 8.90. The van der Waals surface area contributed by atoms with E-state index in [0.717, 1.165) is 27.7 Å². The Morgan fingerprint density at radius 1 is 1.29 bits per heavy atom. The van der Waals surface area contributed by atoms with Crippen LogP contribution in [0.4, 0.5) is 4.79 Å². The van der Waals surface area contributed by atoms with E-state index >= 15 is 0 Å². The Balaban J connectivity index is 1.58. The molecule has 3 aromatic rings. The molecule has 2 heterocycles. The minimum absolute atomic E-state index is 0.00978. The van der Waals surface area contributed by atoms with Gasteiger partial charge in [0.2, 0.25) is 0 Å². The standard InChI is InChI=1S/C20H19Cl2N3O3/c21-12-3-1-2-11(6-12)9-23-20(28)25-5-4-13-14-7-15(22)18(27)8-16(14)24-19(13)17(25)10-26/h1-3,6-8,17,24,26-27H,4-5,9-10H2,(H,23,28). The fourth-order valence-corrected chi connectivity index (χ4v) is 4.11. The molecular weight excluding hydrogens is 401 g/mol. The smallest absolute Gasteiger partial charge is 0.318 e. The van der Waals surface area contributed by atoms with Crippen molar-refractivity contribution in [3.8, 4) is 5.75 Å². The fourth-order valence-electron chi connectivity index (χ4n) is 3.74. The summed E-state index contributed by atoms with van der Waals surface area (Å²) in [5, 5.41) is 24.5. The zero-order valence-electron chi connectivity index (χ0n) is 14.9. The molecule has 1 aromatic heterocycles. The number of hydrogen-bond donors (Lipinski definition) is 4. The number of phenols is 1. The van der Waals surface area contributed by atoms with Crippen molar-refractivity contribution in [1.29, 1.82) is 0 Å². The number of aliphatic hydroxyl groups excluding tert-OH is 1. The molecule has 0 radical (unpaired) electrons. The van der Waals surface area contributed by atoms with Crippen molar-refractivity contribution in [3.05, 3.63) is 63.3 Å². The lowest BCUT2D eigenvalue weighted by molar-refractivity contribution is 0.125. The zero-order chi connectivity index (χ0) is 19.8. The number of carbonyl (C=O) groups excluding carboxylic acids is 1. The number of H-pyrrole nitrogens is 1. The number of fused-ring (bicyclic) bond motifs is 3. The van der Waals surface area contributed by atoms with Crippen LogP contribution in [0.1, 0.15) is 22.9 Å². The third kappa shape index (κ3) is 3.39. The highest BCUT2D eigenvalue weighted by Crippen LogP contribution is 2.38. The molecule has 1 aliphatic rings. The van der Waals surface area contributed by atoms with Crippen LogP contribution in [0.5, 0.6) is 5.75 Å². The minimum Gasteiger partial charge on any atom is -0.506 e. The molecule has 0 bridgehead atoms. The molecule has 1 aliphatic heterocycles. The molecule has 2 aromatic carbocycles. The Labute approximate surface area is 171 Å². The zero-order valence-corrected chi connectivity index (χ0v) is 16.4. The lowest BCUT2D eigenvalue weighted by atomic mass is 9.98. The minimum atomic E-state index is -0.503. The molecule has 4 N–H and O–H groups in total. The van der Waals surface area contributed by atoms with E-state index in [1.54, 1.807) is 29.2 Å². The van der Waals surface area contributed by atoms with E-state index in [2.05, 4.69) is 10.3 Å². The molecule has 1 unspecified atom stereocenters. The van der Waals surface area contributed by atoms with Gasteiger partial charge in [-0.3, -0.25) is 0 Å². The van der Waals surface area contributed by atoms with E-state index in [4.69, 9.17) is 23.2 Å². The molecule has 2 amide bonds. The number of aromatic nitrogens is 1. The number of carbonyl (C=O) groups is 1. The van der Waals surface area contributed by atoms with Gasteiger partial charge in [-0.1, -0.05) is 35.3 Å². The second kappa shape index (κ2) is 7.54. The molecule has 146 valence electrons. The van der Waals surface area contributed by atoms with Crippen molar-refractivity contribution in [2.75, 3.05) is 13.2 Å². The number of rotatable bonds is 3. The van der Waals surface area contributed by atoms with Crippen molar-refractivity contribution in [3.63, 3.8) is 0 Å². The number of aromatic amines is 1. The number of aromatic hydroxyl groups is 1. The van der Waals surface area contributed by atoms with Crippen LogP contribution >= 0.6 is 23.2 Å². The van der Waals surface area contributed by atoms with Gasteiger partial charge in [-0.05, 0) is 35.7 Å². The van der Waals surface area contributed by atoms with Gasteiger partial charge >= 0.3 is 6.03 Å². The van der Waals surface area contributed by atoms with Crippen molar-refractivity contribution < 1.29 is 15.0 Å². The van der Waals surface area contributed by atoms with Crippen LogP contribution in [-0.2, 0) is 13.0 Å².